The normalized spacial score (nSPS) is 11.6. The summed E-state index contributed by atoms with van der Waals surface area (Å²) in [6.07, 6.45) is 0. The molecule has 0 heterocycles. The van der Waals surface area contributed by atoms with Crippen LogP contribution >= 0.6 is 0 Å². The third-order valence-corrected chi connectivity index (χ3v) is 5.70. The van der Waals surface area contributed by atoms with Crippen LogP contribution in [0, 0.1) is 0 Å². The Kier molecular flexibility index (Phi) is 7.59. The van der Waals surface area contributed by atoms with Crippen molar-refractivity contribution in [2.75, 3.05) is 6.61 Å². The Morgan fingerprint density at radius 3 is 1.57 bits per heavy atom. The molecule has 3 aromatic rings. The number of Topliss-reactive ketones (excluding diaryl/α,β-unsaturated/α-hetero) is 1. The minimum atomic E-state index is -0.591. The van der Waals surface area contributed by atoms with Gasteiger partial charge in [-0.1, -0.05) is 77.9 Å². The van der Waals surface area contributed by atoms with Crippen molar-refractivity contribution in [1.82, 2.24) is 0 Å². The number of ether oxygens (including phenoxy) is 2. The zero-order valence-corrected chi connectivity index (χ0v) is 21.2. The van der Waals surface area contributed by atoms with Crippen molar-refractivity contribution in [3.8, 4) is 5.75 Å². The highest BCUT2D eigenvalue weighted by atomic mass is 16.5. The van der Waals surface area contributed by atoms with Gasteiger partial charge in [-0.15, -0.1) is 0 Å². The lowest BCUT2D eigenvalue weighted by atomic mass is 9.87. The number of hydrogen-bond donors (Lipinski definition) is 0. The van der Waals surface area contributed by atoms with Crippen LogP contribution in [0.1, 0.15) is 83.7 Å². The molecular weight excluding hydrogens is 440 g/mol. The number of carbonyl (C=O) groups excluding carboxylic acids is 3. The van der Waals surface area contributed by atoms with E-state index < -0.39 is 24.3 Å². The van der Waals surface area contributed by atoms with Crippen LogP contribution in [0.25, 0.3) is 0 Å². The van der Waals surface area contributed by atoms with Gasteiger partial charge in [-0.05, 0) is 58.4 Å². The molecule has 0 atom stereocenters. The van der Waals surface area contributed by atoms with E-state index in [0.717, 1.165) is 11.1 Å². The number of para-hydroxylation sites is 1. The Morgan fingerprint density at radius 1 is 0.629 bits per heavy atom. The summed E-state index contributed by atoms with van der Waals surface area (Å²) < 4.78 is 10.7. The smallest absolute Gasteiger partial charge is 0.343 e. The van der Waals surface area contributed by atoms with E-state index in [2.05, 4.69) is 41.5 Å². The first-order valence-corrected chi connectivity index (χ1v) is 11.6. The van der Waals surface area contributed by atoms with Gasteiger partial charge in [0.25, 0.3) is 0 Å². The fourth-order valence-corrected chi connectivity index (χ4v) is 3.45. The Labute approximate surface area is 207 Å². The molecule has 0 aliphatic carbocycles. The van der Waals surface area contributed by atoms with Crippen LogP contribution < -0.4 is 4.74 Å². The second kappa shape index (κ2) is 10.3. The number of benzene rings is 3. The van der Waals surface area contributed by atoms with E-state index in [1.165, 1.54) is 0 Å². The van der Waals surface area contributed by atoms with Crippen LogP contribution in [-0.2, 0) is 15.6 Å². The number of hydrogen-bond acceptors (Lipinski definition) is 5. The zero-order valence-electron chi connectivity index (χ0n) is 21.2. The molecule has 0 N–H and O–H groups in total. The Balaban J connectivity index is 1.66. The molecule has 3 rings (SSSR count). The van der Waals surface area contributed by atoms with E-state index in [1.807, 2.05) is 24.3 Å². The summed E-state index contributed by atoms with van der Waals surface area (Å²) in [4.78, 5) is 37.9. The maximum atomic E-state index is 12.8. The summed E-state index contributed by atoms with van der Waals surface area (Å²) in [5.41, 5.74) is 3.04. The molecule has 5 heteroatoms. The minimum absolute atomic E-state index is 0.0336. The maximum Gasteiger partial charge on any atom is 0.343 e. The average molecular weight is 473 g/mol. The van der Waals surface area contributed by atoms with Crippen molar-refractivity contribution in [3.05, 3.63) is 101 Å². The predicted molar refractivity (Wildman–Crippen MR) is 136 cm³/mol. The molecule has 5 nitrogen and oxygen atoms in total. The highest BCUT2D eigenvalue weighted by Gasteiger charge is 2.20. The summed E-state index contributed by atoms with van der Waals surface area (Å²) in [5.74, 6) is -1.50. The van der Waals surface area contributed by atoms with Gasteiger partial charge in [0.1, 0.15) is 5.75 Å². The molecule has 0 saturated carbocycles. The van der Waals surface area contributed by atoms with Crippen LogP contribution in [0.5, 0.6) is 5.75 Å². The van der Waals surface area contributed by atoms with Gasteiger partial charge >= 0.3 is 11.9 Å². The minimum Gasteiger partial charge on any atom is -0.454 e. The summed E-state index contributed by atoms with van der Waals surface area (Å²) in [7, 11) is 0. The van der Waals surface area contributed by atoms with Gasteiger partial charge in [-0.3, -0.25) is 4.79 Å². The molecule has 0 aliphatic heterocycles. The number of esters is 2. The van der Waals surface area contributed by atoms with Gasteiger partial charge in [0.05, 0.1) is 16.7 Å². The lowest BCUT2D eigenvalue weighted by Crippen LogP contribution is -2.17. The molecular formula is C30H32O5. The number of rotatable bonds is 6. The van der Waals surface area contributed by atoms with Crippen molar-refractivity contribution in [2.45, 2.75) is 52.4 Å². The second-order valence-corrected chi connectivity index (χ2v) is 10.5. The maximum absolute atomic E-state index is 12.8. The Morgan fingerprint density at radius 2 is 1.09 bits per heavy atom. The lowest BCUT2D eigenvalue weighted by molar-refractivity contribution is 0.0472. The fourth-order valence-electron chi connectivity index (χ4n) is 3.45. The van der Waals surface area contributed by atoms with Crippen molar-refractivity contribution >= 4 is 17.7 Å². The first-order chi connectivity index (χ1) is 16.4. The number of ketones is 1. The lowest BCUT2D eigenvalue weighted by Gasteiger charge is -2.19. The highest BCUT2D eigenvalue weighted by molar-refractivity contribution is 6.02. The first kappa shape index (κ1) is 25.9. The van der Waals surface area contributed by atoms with E-state index in [1.54, 1.807) is 48.5 Å². The van der Waals surface area contributed by atoms with Crippen LogP contribution in [0.2, 0.25) is 0 Å². The van der Waals surface area contributed by atoms with Crippen LogP contribution in [0.4, 0.5) is 0 Å². The molecule has 0 amide bonds. The van der Waals surface area contributed by atoms with Gasteiger partial charge in [-0.25, -0.2) is 9.59 Å². The molecule has 0 radical (unpaired) electrons. The quantitative estimate of drug-likeness (QED) is 0.231. The summed E-state index contributed by atoms with van der Waals surface area (Å²) in [5, 5.41) is 0. The van der Waals surface area contributed by atoms with Crippen LogP contribution in [0.15, 0.2) is 72.8 Å². The van der Waals surface area contributed by atoms with E-state index in [4.69, 9.17) is 9.47 Å². The average Bonchev–Trinajstić information content (AvgIpc) is 2.81. The largest absolute Gasteiger partial charge is 0.454 e. The van der Waals surface area contributed by atoms with Crippen molar-refractivity contribution in [1.29, 1.82) is 0 Å². The molecule has 0 unspecified atom stereocenters. The fraction of sp³-hybridized carbons (Fsp3) is 0.300. The third-order valence-electron chi connectivity index (χ3n) is 5.70. The number of carbonyl (C=O) groups is 3. The molecule has 0 saturated heterocycles. The summed E-state index contributed by atoms with van der Waals surface area (Å²) in [6, 6.07) is 20.7. The van der Waals surface area contributed by atoms with Crippen molar-refractivity contribution in [2.24, 2.45) is 0 Å². The molecule has 3 aromatic carbocycles. The Bertz CT molecular complexity index is 1210. The zero-order chi connectivity index (χ0) is 25.8. The Hall–Kier alpha value is -3.73. The molecule has 0 aromatic heterocycles. The topological polar surface area (TPSA) is 69.7 Å². The monoisotopic (exact) mass is 472 g/mol. The first-order valence-electron chi connectivity index (χ1n) is 11.6. The molecule has 0 fully saturated rings. The molecule has 182 valence electrons. The third kappa shape index (κ3) is 6.66. The van der Waals surface area contributed by atoms with Gasteiger partial charge < -0.3 is 9.47 Å². The van der Waals surface area contributed by atoms with E-state index in [9.17, 15) is 14.4 Å². The van der Waals surface area contributed by atoms with Crippen LogP contribution in [0.3, 0.4) is 0 Å². The van der Waals surface area contributed by atoms with E-state index in [-0.39, 0.29) is 22.1 Å². The van der Waals surface area contributed by atoms with Crippen molar-refractivity contribution in [3.63, 3.8) is 0 Å². The summed E-state index contributed by atoms with van der Waals surface area (Å²) in [6.45, 7) is 12.1. The molecule has 0 aliphatic rings. The standard InChI is InChI=1S/C30H32O5/c1-29(2,3)22-15-11-20(12-16-22)27(32)34-19-25(31)24-9-7-8-10-26(24)35-28(33)21-13-17-23(18-14-21)30(4,5)6/h7-18H,19H2,1-6H3. The SMILES string of the molecule is CC(C)(C)c1ccc(C(=O)OCC(=O)c2ccccc2OC(=O)c2ccc(C(C)(C)C)cc2)cc1. The molecule has 35 heavy (non-hydrogen) atoms. The van der Waals surface area contributed by atoms with E-state index >= 15 is 0 Å². The molecule has 0 spiro atoms. The van der Waals surface area contributed by atoms with E-state index in [0.29, 0.717) is 11.1 Å². The van der Waals surface area contributed by atoms with Gasteiger partial charge in [0, 0.05) is 0 Å². The van der Waals surface area contributed by atoms with Gasteiger partial charge in [0.2, 0.25) is 5.78 Å². The highest BCUT2D eigenvalue weighted by Crippen LogP contribution is 2.25. The molecule has 0 bridgehead atoms. The van der Waals surface area contributed by atoms with Gasteiger partial charge in [0.15, 0.2) is 6.61 Å². The van der Waals surface area contributed by atoms with Crippen LogP contribution in [-0.4, -0.2) is 24.3 Å². The van der Waals surface area contributed by atoms with Crippen molar-refractivity contribution < 1.29 is 23.9 Å². The summed E-state index contributed by atoms with van der Waals surface area (Å²) >= 11 is 0. The van der Waals surface area contributed by atoms with Gasteiger partial charge in [-0.2, -0.15) is 0 Å². The second-order valence-electron chi connectivity index (χ2n) is 10.5. The predicted octanol–water partition coefficient (Wildman–Crippen LogP) is 6.54.